The largest absolute Gasteiger partial charge is 0.370 e. The van der Waals surface area contributed by atoms with E-state index in [4.69, 9.17) is 5.73 Å². The van der Waals surface area contributed by atoms with Gasteiger partial charge in [0.15, 0.2) is 0 Å². The maximum Gasteiger partial charge on any atom is 0.222 e. The van der Waals surface area contributed by atoms with Crippen LogP contribution in [-0.4, -0.2) is 28.0 Å². The van der Waals surface area contributed by atoms with Crippen LogP contribution in [-0.2, 0) is 0 Å². The number of hydrogen-bond donors (Lipinski definition) is 2. The SMILES string of the molecule is Cc1cc(NCC2CCSC2)nc(N)n1. The van der Waals surface area contributed by atoms with E-state index < -0.39 is 0 Å². The Bertz CT molecular complexity index is 316. The molecule has 0 saturated carbocycles. The van der Waals surface area contributed by atoms with Gasteiger partial charge in [0.05, 0.1) is 0 Å². The summed E-state index contributed by atoms with van der Waals surface area (Å²) >= 11 is 2.03. The summed E-state index contributed by atoms with van der Waals surface area (Å²) in [5.41, 5.74) is 6.48. The molecule has 1 aromatic heterocycles. The molecule has 0 radical (unpaired) electrons. The van der Waals surface area contributed by atoms with Gasteiger partial charge >= 0.3 is 0 Å². The third-order valence-electron chi connectivity index (χ3n) is 2.47. The van der Waals surface area contributed by atoms with E-state index in [9.17, 15) is 0 Å². The summed E-state index contributed by atoms with van der Waals surface area (Å²) in [6.07, 6.45) is 1.30. The van der Waals surface area contributed by atoms with E-state index in [-0.39, 0.29) is 0 Å². The fourth-order valence-electron chi connectivity index (χ4n) is 1.68. The van der Waals surface area contributed by atoms with Crippen molar-refractivity contribution in [2.75, 3.05) is 29.1 Å². The van der Waals surface area contributed by atoms with Crippen LogP contribution in [0.2, 0.25) is 0 Å². The van der Waals surface area contributed by atoms with Crippen LogP contribution in [0.15, 0.2) is 6.07 Å². The van der Waals surface area contributed by atoms with Gasteiger partial charge in [0, 0.05) is 18.3 Å². The highest BCUT2D eigenvalue weighted by Crippen LogP contribution is 2.23. The number of thioether (sulfide) groups is 1. The molecule has 1 fully saturated rings. The van der Waals surface area contributed by atoms with E-state index in [1.165, 1.54) is 17.9 Å². The number of hydrogen-bond acceptors (Lipinski definition) is 5. The second kappa shape index (κ2) is 4.70. The molecular weight excluding hydrogens is 208 g/mol. The van der Waals surface area contributed by atoms with Crippen molar-refractivity contribution < 1.29 is 0 Å². The van der Waals surface area contributed by atoms with Crippen LogP contribution in [0.4, 0.5) is 11.8 Å². The molecule has 0 aromatic carbocycles. The average molecular weight is 224 g/mol. The number of anilines is 2. The van der Waals surface area contributed by atoms with E-state index >= 15 is 0 Å². The Morgan fingerprint density at radius 3 is 3.13 bits per heavy atom. The molecule has 4 nitrogen and oxygen atoms in total. The predicted octanol–water partition coefficient (Wildman–Crippen LogP) is 1.53. The molecule has 0 bridgehead atoms. The Kier molecular flexibility index (Phi) is 3.30. The Morgan fingerprint density at radius 2 is 2.47 bits per heavy atom. The maximum atomic E-state index is 5.58. The number of nitrogens with two attached hydrogens (primary N) is 1. The first kappa shape index (κ1) is 10.5. The molecule has 0 spiro atoms. The summed E-state index contributed by atoms with van der Waals surface area (Å²) in [4.78, 5) is 8.18. The second-order valence-corrected chi connectivity index (χ2v) is 5.01. The molecule has 2 heterocycles. The second-order valence-electron chi connectivity index (χ2n) is 3.86. The summed E-state index contributed by atoms with van der Waals surface area (Å²) in [6, 6.07) is 1.93. The fourth-order valence-corrected chi connectivity index (χ4v) is 2.96. The third-order valence-corrected chi connectivity index (χ3v) is 3.70. The third kappa shape index (κ3) is 2.99. The monoisotopic (exact) mass is 224 g/mol. The standard InChI is InChI=1S/C10H16N4S/c1-7-4-9(14-10(11)13-7)12-5-8-2-3-15-6-8/h4,8H,2-3,5-6H2,1H3,(H3,11,12,13,14). The molecule has 1 aliphatic heterocycles. The molecule has 1 saturated heterocycles. The van der Waals surface area contributed by atoms with Crippen molar-refractivity contribution in [1.82, 2.24) is 9.97 Å². The zero-order valence-corrected chi connectivity index (χ0v) is 9.68. The van der Waals surface area contributed by atoms with E-state index in [1.54, 1.807) is 0 Å². The number of rotatable bonds is 3. The minimum atomic E-state index is 0.346. The van der Waals surface area contributed by atoms with Crippen LogP contribution in [0, 0.1) is 12.8 Å². The van der Waals surface area contributed by atoms with Crippen LogP contribution < -0.4 is 11.1 Å². The highest BCUT2D eigenvalue weighted by Gasteiger charge is 2.15. The van der Waals surface area contributed by atoms with Crippen molar-refractivity contribution in [1.29, 1.82) is 0 Å². The minimum Gasteiger partial charge on any atom is -0.370 e. The van der Waals surface area contributed by atoms with Crippen molar-refractivity contribution in [3.63, 3.8) is 0 Å². The first-order valence-electron chi connectivity index (χ1n) is 5.17. The van der Waals surface area contributed by atoms with Crippen molar-refractivity contribution in [3.05, 3.63) is 11.8 Å². The van der Waals surface area contributed by atoms with Gasteiger partial charge in [-0.25, -0.2) is 4.98 Å². The number of aryl methyl sites for hydroxylation is 1. The molecule has 1 atom stereocenters. The van der Waals surface area contributed by atoms with Gasteiger partial charge in [-0.05, 0) is 30.8 Å². The lowest BCUT2D eigenvalue weighted by Gasteiger charge is -2.10. The van der Waals surface area contributed by atoms with Crippen molar-refractivity contribution in [2.24, 2.45) is 5.92 Å². The fraction of sp³-hybridized carbons (Fsp3) is 0.600. The lowest BCUT2D eigenvalue weighted by Crippen LogP contribution is -2.15. The lowest BCUT2D eigenvalue weighted by molar-refractivity contribution is 0.630. The van der Waals surface area contributed by atoms with Crippen molar-refractivity contribution >= 4 is 23.5 Å². The van der Waals surface area contributed by atoms with Crippen LogP contribution in [0.1, 0.15) is 12.1 Å². The van der Waals surface area contributed by atoms with Gasteiger partial charge in [0.1, 0.15) is 5.82 Å². The molecule has 0 aliphatic carbocycles. The van der Waals surface area contributed by atoms with Crippen LogP contribution in [0.3, 0.4) is 0 Å². The maximum absolute atomic E-state index is 5.58. The predicted molar refractivity (Wildman–Crippen MR) is 65.1 cm³/mol. The Balaban J connectivity index is 1.92. The van der Waals surface area contributed by atoms with Crippen molar-refractivity contribution in [2.45, 2.75) is 13.3 Å². The average Bonchev–Trinajstić information content (AvgIpc) is 2.65. The van der Waals surface area contributed by atoms with Gasteiger partial charge < -0.3 is 11.1 Å². The molecule has 1 aromatic rings. The summed E-state index contributed by atoms with van der Waals surface area (Å²) in [5.74, 6) is 4.51. The van der Waals surface area contributed by atoms with E-state index in [2.05, 4.69) is 15.3 Å². The zero-order chi connectivity index (χ0) is 10.7. The lowest BCUT2D eigenvalue weighted by atomic mass is 10.1. The first-order chi connectivity index (χ1) is 7.24. The Labute approximate surface area is 94.1 Å². The molecule has 2 rings (SSSR count). The van der Waals surface area contributed by atoms with E-state index in [0.717, 1.165) is 24.0 Å². The normalized spacial score (nSPS) is 20.5. The number of aromatic nitrogens is 2. The Hall–Kier alpha value is -0.970. The highest BCUT2D eigenvalue weighted by atomic mass is 32.2. The van der Waals surface area contributed by atoms with E-state index in [1.807, 2.05) is 24.8 Å². The van der Waals surface area contributed by atoms with Crippen LogP contribution >= 0.6 is 11.8 Å². The van der Waals surface area contributed by atoms with Gasteiger partial charge in [-0.15, -0.1) is 0 Å². The minimum absolute atomic E-state index is 0.346. The molecule has 5 heteroatoms. The number of nitrogen functional groups attached to an aromatic ring is 1. The Morgan fingerprint density at radius 1 is 1.60 bits per heavy atom. The van der Waals surface area contributed by atoms with Gasteiger partial charge in [0.25, 0.3) is 0 Å². The highest BCUT2D eigenvalue weighted by molar-refractivity contribution is 7.99. The molecule has 15 heavy (non-hydrogen) atoms. The molecule has 0 amide bonds. The zero-order valence-electron chi connectivity index (χ0n) is 8.86. The number of nitrogens with one attached hydrogen (secondary N) is 1. The van der Waals surface area contributed by atoms with Gasteiger partial charge in [0.2, 0.25) is 5.95 Å². The molecule has 3 N–H and O–H groups in total. The molecular formula is C10H16N4S. The topological polar surface area (TPSA) is 63.8 Å². The van der Waals surface area contributed by atoms with Crippen LogP contribution in [0.25, 0.3) is 0 Å². The van der Waals surface area contributed by atoms with Gasteiger partial charge in [-0.3, -0.25) is 0 Å². The summed E-state index contributed by atoms with van der Waals surface area (Å²) in [7, 11) is 0. The van der Waals surface area contributed by atoms with Gasteiger partial charge in [-0.2, -0.15) is 16.7 Å². The van der Waals surface area contributed by atoms with E-state index in [0.29, 0.717) is 5.95 Å². The summed E-state index contributed by atoms with van der Waals surface area (Å²) in [5, 5.41) is 3.32. The summed E-state index contributed by atoms with van der Waals surface area (Å²) in [6.45, 7) is 2.91. The molecule has 1 aliphatic rings. The first-order valence-corrected chi connectivity index (χ1v) is 6.32. The smallest absolute Gasteiger partial charge is 0.222 e. The van der Waals surface area contributed by atoms with Gasteiger partial charge in [-0.1, -0.05) is 0 Å². The summed E-state index contributed by atoms with van der Waals surface area (Å²) < 4.78 is 0. The number of nitrogens with zero attached hydrogens (tertiary/aromatic N) is 2. The quantitative estimate of drug-likeness (QED) is 0.815. The molecule has 82 valence electrons. The van der Waals surface area contributed by atoms with Crippen molar-refractivity contribution in [3.8, 4) is 0 Å². The molecule has 1 unspecified atom stereocenters. The van der Waals surface area contributed by atoms with Crippen LogP contribution in [0.5, 0.6) is 0 Å².